The van der Waals surface area contributed by atoms with Gasteiger partial charge in [-0.25, -0.2) is 4.98 Å². The van der Waals surface area contributed by atoms with Crippen molar-refractivity contribution in [3.63, 3.8) is 0 Å². The highest BCUT2D eigenvalue weighted by atomic mass is 16.5. The van der Waals surface area contributed by atoms with Gasteiger partial charge in [-0.2, -0.15) is 0 Å². The first-order chi connectivity index (χ1) is 14.0. The summed E-state index contributed by atoms with van der Waals surface area (Å²) in [5.41, 5.74) is 4.11. The van der Waals surface area contributed by atoms with Crippen LogP contribution in [0.15, 0.2) is 64.2 Å². The standard InChI is InChI=1S/C23H28N4O2/c1-16(2)29-21-7-5-6-18(12-21)13-25-23(24-4)26-14-20-15-28-22(27-20)19-10-8-17(3)9-11-19/h5-12,15-16H,13-14H2,1-4H3,(H2,24,25,26). The molecule has 3 aromatic rings. The number of nitrogens with one attached hydrogen (secondary N) is 2. The summed E-state index contributed by atoms with van der Waals surface area (Å²) in [6, 6.07) is 16.2. The van der Waals surface area contributed by atoms with E-state index in [0.29, 0.717) is 24.9 Å². The van der Waals surface area contributed by atoms with Crippen LogP contribution in [-0.2, 0) is 13.1 Å². The molecule has 1 heterocycles. The van der Waals surface area contributed by atoms with Crippen molar-refractivity contribution in [2.24, 2.45) is 4.99 Å². The number of aromatic nitrogens is 1. The number of hydrogen-bond donors (Lipinski definition) is 2. The monoisotopic (exact) mass is 392 g/mol. The molecule has 1 aromatic heterocycles. The Morgan fingerprint density at radius 3 is 2.59 bits per heavy atom. The van der Waals surface area contributed by atoms with E-state index in [1.807, 2.05) is 56.3 Å². The summed E-state index contributed by atoms with van der Waals surface area (Å²) in [5, 5.41) is 6.57. The van der Waals surface area contributed by atoms with Crippen molar-refractivity contribution in [2.75, 3.05) is 7.05 Å². The molecule has 0 aliphatic rings. The lowest BCUT2D eigenvalue weighted by Crippen LogP contribution is -2.36. The third kappa shape index (κ3) is 6.10. The smallest absolute Gasteiger partial charge is 0.226 e. The molecule has 0 atom stereocenters. The molecule has 0 saturated heterocycles. The fraction of sp³-hybridized carbons (Fsp3) is 0.304. The van der Waals surface area contributed by atoms with Crippen molar-refractivity contribution in [3.8, 4) is 17.2 Å². The van der Waals surface area contributed by atoms with Gasteiger partial charge in [0.1, 0.15) is 12.0 Å². The fourth-order valence-electron chi connectivity index (χ4n) is 2.80. The van der Waals surface area contributed by atoms with Crippen molar-refractivity contribution in [3.05, 3.63) is 71.6 Å². The van der Waals surface area contributed by atoms with E-state index in [0.717, 1.165) is 22.6 Å². The van der Waals surface area contributed by atoms with Gasteiger partial charge in [0, 0.05) is 19.2 Å². The normalized spacial score (nSPS) is 11.6. The van der Waals surface area contributed by atoms with Crippen LogP contribution in [0, 0.1) is 6.92 Å². The molecule has 0 amide bonds. The number of nitrogens with zero attached hydrogens (tertiary/aromatic N) is 2. The van der Waals surface area contributed by atoms with Crippen LogP contribution in [0.1, 0.15) is 30.7 Å². The van der Waals surface area contributed by atoms with E-state index < -0.39 is 0 Å². The fourth-order valence-corrected chi connectivity index (χ4v) is 2.80. The van der Waals surface area contributed by atoms with Gasteiger partial charge in [-0.05, 0) is 50.6 Å². The molecule has 3 rings (SSSR count). The van der Waals surface area contributed by atoms with Gasteiger partial charge >= 0.3 is 0 Å². The summed E-state index contributed by atoms with van der Waals surface area (Å²) in [5.74, 6) is 2.18. The molecule has 0 fully saturated rings. The Morgan fingerprint density at radius 2 is 1.86 bits per heavy atom. The maximum atomic E-state index is 5.75. The Hall–Kier alpha value is -3.28. The average Bonchev–Trinajstić information content (AvgIpc) is 3.17. The van der Waals surface area contributed by atoms with Crippen LogP contribution < -0.4 is 15.4 Å². The molecular formula is C23H28N4O2. The zero-order chi connectivity index (χ0) is 20.6. The van der Waals surface area contributed by atoms with E-state index in [2.05, 4.69) is 33.6 Å². The molecule has 0 unspecified atom stereocenters. The zero-order valence-electron chi connectivity index (χ0n) is 17.4. The molecule has 29 heavy (non-hydrogen) atoms. The summed E-state index contributed by atoms with van der Waals surface area (Å²) in [7, 11) is 1.74. The number of rotatable bonds is 7. The summed E-state index contributed by atoms with van der Waals surface area (Å²) >= 11 is 0. The molecule has 0 bridgehead atoms. The Morgan fingerprint density at radius 1 is 1.10 bits per heavy atom. The first-order valence-electron chi connectivity index (χ1n) is 9.75. The summed E-state index contributed by atoms with van der Waals surface area (Å²) in [4.78, 5) is 8.81. The third-order valence-electron chi connectivity index (χ3n) is 4.24. The molecule has 0 aliphatic carbocycles. The highest BCUT2D eigenvalue weighted by molar-refractivity contribution is 5.79. The molecule has 2 N–H and O–H groups in total. The number of benzene rings is 2. The first kappa shape index (κ1) is 20.5. The van der Waals surface area contributed by atoms with Crippen LogP contribution in [0.5, 0.6) is 5.75 Å². The minimum Gasteiger partial charge on any atom is -0.491 e. The molecule has 0 saturated carbocycles. The minimum absolute atomic E-state index is 0.153. The first-order valence-corrected chi connectivity index (χ1v) is 9.75. The maximum absolute atomic E-state index is 5.75. The lowest BCUT2D eigenvalue weighted by atomic mass is 10.1. The van der Waals surface area contributed by atoms with Crippen LogP contribution in [-0.4, -0.2) is 24.1 Å². The highest BCUT2D eigenvalue weighted by Crippen LogP contribution is 2.19. The van der Waals surface area contributed by atoms with Gasteiger partial charge in [0.2, 0.25) is 5.89 Å². The molecule has 2 aromatic carbocycles. The van der Waals surface area contributed by atoms with E-state index in [1.165, 1.54) is 5.56 Å². The van der Waals surface area contributed by atoms with Crippen LogP contribution in [0.2, 0.25) is 0 Å². The van der Waals surface area contributed by atoms with Crippen LogP contribution in [0.4, 0.5) is 0 Å². The van der Waals surface area contributed by atoms with E-state index in [-0.39, 0.29) is 6.10 Å². The Bertz CT molecular complexity index is 946. The molecule has 0 aliphatic heterocycles. The highest BCUT2D eigenvalue weighted by Gasteiger charge is 2.08. The average molecular weight is 393 g/mol. The van der Waals surface area contributed by atoms with Gasteiger partial charge in [-0.15, -0.1) is 0 Å². The number of aryl methyl sites for hydroxylation is 1. The molecule has 6 nitrogen and oxygen atoms in total. The second-order valence-electron chi connectivity index (χ2n) is 7.10. The SMILES string of the molecule is CN=C(NCc1cccc(OC(C)C)c1)NCc1coc(-c2ccc(C)cc2)n1. The van der Waals surface area contributed by atoms with Crippen LogP contribution in [0.25, 0.3) is 11.5 Å². The van der Waals surface area contributed by atoms with Crippen molar-refractivity contribution in [2.45, 2.75) is 40.0 Å². The van der Waals surface area contributed by atoms with Crippen molar-refractivity contribution >= 4 is 5.96 Å². The van der Waals surface area contributed by atoms with Gasteiger partial charge in [-0.1, -0.05) is 29.8 Å². The number of aliphatic imine (C=N–C) groups is 1. The Kier molecular flexibility index (Phi) is 6.89. The third-order valence-corrected chi connectivity index (χ3v) is 4.24. The van der Waals surface area contributed by atoms with Gasteiger partial charge in [0.15, 0.2) is 5.96 Å². The van der Waals surface area contributed by atoms with E-state index in [1.54, 1.807) is 13.3 Å². The van der Waals surface area contributed by atoms with Crippen molar-refractivity contribution in [1.29, 1.82) is 0 Å². The lowest BCUT2D eigenvalue weighted by Gasteiger charge is -2.13. The van der Waals surface area contributed by atoms with Crippen molar-refractivity contribution in [1.82, 2.24) is 15.6 Å². The van der Waals surface area contributed by atoms with Gasteiger partial charge in [0.05, 0.1) is 18.3 Å². The number of ether oxygens (including phenoxy) is 1. The van der Waals surface area contributed by atoms with Crippen LogP contribution in [0.3, 0.4) is 0 Å². The second-order valence-corrected chi connectivity index (χ2v) is 7.10. The second kappa shape index (κ2) is 9.78. The lowest BCUT2D eigenvalue weighted by molar-refractivity contribution is 0.242. The summed E-state index contributed by atoms with van der Waals surface area (Å²) < 4.78 is 11.4. The summed E-state index contributed by atoms with van der Waals surface area (Å²) in [6.45, 7) is 7.25. The zero-order valence-corrected chi connectivity index (χ0v) is 17.4. The molecule has 0 radical (unpaired) electrons. The molecule has 0 spiro atoms. The van der Waals surface area contributed by atoms with E-state index in [4.69, 9.17) is 9.15 Å². The molecular weight excluding hydrogens is 364 g/mol. The van der Waals surface area contributed by atoms with Crippen LogP contribution >= 0.6 is 0 Å². The maximum Gasteiger partial charge on any atom is 0.226 e. The largest absolute Gasteiger partial charge is 0.491 e. The van der Waals surface area contributed by atoms with E-state index in [9.17, 15) is 0 Å². The minimum atomic E-state index is 0.153. The quantitative estimate of drug-likeness (QED) is 0.463. The number of oxazole rings is 1. The van der Waals surface area contributed by atoms with E-state index >= 15 is 0 Å². The Balaban J connectivity index is 1.53. The topological polar surface area (TPSA) is 71.7 Å². The van der Waals surface area contributed by atoms with Crippen molar-refractivity contribution < 1.29 is 9.15 Å². The Labute approximate surface area is 172 Å². The molecule has 6 heteroatoms. The predicted octanol–water partition coefficient (Wildman–Crippen LogP) is 4.30. The van der Waals surface area contributed by atoms with Gasteiger partial charge in [-0.3, -0.25) is 4.99 Å². The molecule has 152 valence electrons. The predicted molar refractivity (Wildman–Crippen MR) is 116 cm³/mol. The summed E-state index contributed by atoms with van der Waals surface area (Å²) in [6.07, 6.45) is 1.82. The van der Waals surface area contributed by atoms with Gasteiger partial charge in [0.25, 0.3) is 0 Å². The number of guanidine groups is 1. The van der Waals surface area contributed by atoms with Gasteiger partial charge < -0.3 is 19.8 Å². The number of hydrogen-bond acceptors (Lipinski definition) is 4.